The minimum atomic E-state index is -0.585. The van der Waals surface area contributed by atoms with Gasteiger partial charge in [0.25, 0.3) is 5.56 Å². The van der Waals surface area contributed by atoms with E-state index >= 15 is 0 Å². The highest BCUT2D eigenvalue weighted by atomic mass is 16.3. The lowest BCUT2D eigenvalue weighted by atomic mass is 9.87. The Hall–Kier alpha value is -3.86. The van der Waals surface area contributed by atoms with Gasteiger partial charge in [0, 0.05) is 0 Å². The van der Waals surface area contributed by atoms with Crippen LogP contribution in [0.2, 0.25) is 0 Å². The molecule has 0 atom stereocenters. The van der Waals surface area contributed by atoms with Crippen LogP contribution in [-0.2, 0) is 12.0 Å². The van der Waals surface area contributed by atoms with E-state index in [4.69, 9.17) is 0 Å². The SMILES string of the molecule is CC(C)(C)c1ccc(Cn2c(O)c(-c3ccccc3)c(=O)n(-c3ccccc3)c2=O)cc1. The largest absolute Gasteiger partial charge is 0.494 e. The van der Waals surface area contributed by atoms with E-state index in [1.165, 1.54) is 10.1 Å². The lowest BCUT2D eigenvalue weighted by Crippen LogP contribution is -2.39. The molecular formula is C27H26N2O3. The number of aromatic nitrogens is 2. The van der Waals surface area contributed by atoms with Gasteiger partial charge < -0.3 is 5.11 Å². The fraction of sp³-hybridized carbons (Fsp3) is 0.185. The Kier molecular flexibility index (Phi) is 5.57. The van der Waals surface area contributed by atoms with Gasteiger partial charge in [-0.1, -0.05) is 93.6 Å². The van der Waals surface area contributed by atoms with Crippen LogP contribution in [0.25, 0.3) is 16.8 Å². The molecule has 32 heavy (non-hydrogen) atoms. The molecule has 3 aromatic carbocycles. The van der Waals surface area contributed by atoms with Gasteiger partial charge in [0.1, 0.15) is 5.56 Å². The molecule has 1 N–H and O–H groups in total. The molecule has 4 aromatic rings. The third kappa shape index (κ3) is 4.02. The average Bonchev–Trinajstić information content (AvgIpc) is 2.78. The third-order valence-electron chi connectivity index (χ3n) is 5.56. The van der Waals surface area contributed by atoms with E-state index < -0.39 is 11.2 Å². The van der Waals surface area contributed by atoms with Crippen molar-refractivity contribution in [3.05, 3.63) is 117 Å². The molecule has 0 aliphatic heterocycles. The van der Waals surface area contributed by atoms with Crippen LogP contribution in [0.3, 0.4) is 0 Å². The van der Waals surface area contributed by atoms with Crippen LogP contribution in [-0.4, -0.2) is 14.2 Å². The van der Waals surface area contributed by atoms with Crippen LogP contribution >= 0.6 is 0 Å². The number of rotatable bonds is 4. The van der Waals surface area contributed by atoms with Gasteiger partial charge in [0.05, 0.1) is 12.2 Å². The maximum atomic E-state index is 13.4. The summed E-state index contributed by atoms with van der Waals surface area (Å²) in [7, 11) is 0. The average molecular weight is 427 g/mol. The van der Waals surface area contributed by atoms with Gasteiger partial charge in [-0.05, 0) is 34.2 Å². The molecule has 0 bridgehead atoms. The summed E-state index contributed by atoms with van der Waals surface area (Å²) in [5.74, 6) is -0.335. The quantitative estimate of drug-likeness (QED) is 0.514. The summed E-state index contributed by atoms with van der Waals surface area (Å²) >= 11 is 0. The molecule has 5 nitrogen and oxygen atoms in total. The van der Waals surface area contributed by atoms with Crippen LogP contribution in [0.15, 0.2) is 94.5 Å². The molecule has 0 amide bonds. The highest BCUT2D eigenvalue weighted by molar-refractivity contribution is 5.67. The van der Waals surface area contributed by atoms with Gasteiger partial charge >= 0.3 is 5.69 Å². The van der Waals surface area contributed by atoms with Gasteiger partial charge in [-0.2, -0.15) is 0 Å². The second-order valence-corrected chi connectivity index (χ2v) is 8.86. The molecule has 4 rings (SSSR count). The lowest BCUT2D eigenvalue weighted by Gasteiger charge is -2.20. The summed E-state index contributed by atoms with van der Waals surface area (Å²) in [5.41, 5.74) is 2.01. The topological polar surface area (TPSA) is 64.2 Å². The van der Waals surface area contributed by atoms with E-state index in [1.807, 2.05) is 36.4 Å². The third-order valence-corrected chi connectivity index (χ3v) is 5.56. The smallest absolute Gasteiger partial charge is 0.338 e. The second-order valence-electron chi connectivity index (χ2n) is 8.86. The van der Waals surface area contributed by atoms with Crippen molar-refractivity contribution in [3.63, 3.8) is 0 Å². The Morgan fingerprint density at radius 2 is 1.34 bits per heavy atom. The molecule has 0 spiro atoms. The monoisotopic (exact) mass is 426 g/mol. The zero-order chi connectivity index (χ0) is 22.9. The summed E-state index contributed by atoms with van der Waals surface area (Å²) in [6, 6.07) is 25.7. The van der Waals surface area contributed by atoms with Crippen molar-refractivity contribution in [1.82, 2.24) is 9.13 Å². The maximum absolute atomic E-state index is 13.4. The molecule has 1 aromatic heterocycles. The maximum Gasteiger partial charge on any atom is 0.338 e. The fourth-order valence-corrected chi connectivity index (χ4v) is 3.74. The number of benzene rings is 3. The van der Waals surface area contributed by atoms with Crippen LogP contribution in [0, 0.1) is 0 Å². The Balaban J connectivity index is 1.92. The van der Waals surface area contributed by atoms with Crippen molar-refractivity contribution >= 4 is 0 Å². The van der Waals surface area contributed by atoms with Gasteiger partial charge in [0.15, 0.2) is 0 Å². The van der Waals surface area contributed by atoms with E-state index in [1.54, 1.807) is 48.5 Å². The van der Waals surface area contributed by atoms with Gasteiger partial charge in [-0.25, -0.2) is 9.36 Å². The molecular weight excluding hydrogens is 400 g/mol. The van der Waals surface area contributed by atoms with Crippen molar-refractivity contribution in [3.8, 4) is 22.7 Å². The fourth-order valence-electron chi connectivity index (χ4n) is 3.74. The number of hydrogen-bond acceptors (Lipinski definition) is 3. The second kappa shape index (κ2) is 8.35. The molecule has 162 valence electrons. The predicted octanol–water partition coefficient (Wildman–Crippen LogP) is 4.72. The van der Waals surface area contributed by atoms with Crippen LogP contribution in [0.5, 0.6) is 5.88 Å². The molecule has 0 aliphatic carbocycles. The highest BCUT2D eigenvalue weighted by Crippen LogP contribution is 2.26. The first-order valence-corrected chi connectivity index (χ1v) is 10.6. The molecule has 0 aliphatic rings. The molecule has 0 fully saturated rings. The van der Waals surface area contributed by atoms with Crippen molar-refractivity contribution in [2.24, 2.45) is 0 Å². The first-order chi connectivity index (χ1) is 15.3. The summed E-state index contributed by atoms with van der Waals surface area (Å²) in [6.07, 6.45) is 0. The van der Waals surface area contributed by atoms with E-state index in [0.29, 0.717) is 11.3 Å². The Bertz CT molecular complexity index is 1350. The minimum Gasteiger partial charge on any atom is -0.494 e. The summed E-state index contributed by atoms with van der Waals surface area (Å²) < 4.78 is 2.37. The van der Waals surface area contributed by atoms with Gasteiger partial charge in [-0.15, -0.1) is 0 Å². The molecule has 0 radical (unpaired) electrons. The number of nitrogens with zero attached hydrogens (tertiary/aromatic N) is 2. The molecule has 5 heteroatoms. The van der Waals surface area contributed by atoms with E-state index in [0.717, 1.165) is 10.1 Å². The summed E-state index contributed by atoms with van der Waals surface area (Å²) in [4.78, 5) is 26.8. The van der Waals surface area contributed by atoms with E-state index in [9.17, 15) is 14.7 Å². The number of hydrogen-bond donors (Lipinski definition) is 1. The van der Waals surface area contributed by atoms with Gasteiger partial charge in [-0.3, -0.25) is 9.36 Å². The first kappa shape index (κ1) is 21.4. The summed E-state index contributed by atoms with van der Waals surface area (Å²) in [5, 5.41) is 11.1. The first-order valence-electron chi connectivity index (χ1n) is 10.6. The normalized spacial score (nSPS) is 11.5. The van der Waals surface area contributed by atoms with Crippen molar-refractivity contribution in [2.75, 3.05) is 0 Å². The zero-order valence-corrected chi connectivity index (χ0v) is 18.4. The van der Waals surface area contributed by atoms with Crippen molar-refractivity contribution < 1.29 is 5.11 Å². The van der Waals surface area contributed by atoms with Crippen LogP contribution in [0.4, 0.5) is 0 Å². The Morgan fingerprint density at radius 1 is 0.781 bits per heavy atom. The van der Waals surface area contributed by atoms with Crippen LogP contribution < -0.4 is 11.2 Å². The standard InChI is InChI=1S/C27H26N2O3/c1-27(2,3)21-16-14-19(15-17-21)18-28-24(30)23(20-10-6-4-7-11-20)25(31)29(26(28)32)22-12-8-5-9-13-22/h4-17,30H,18H2,1-3H3. The molecule has 0 saturated carbocycles. The minimum absolute atomic E-state index is 0.0124. The Morgan fingerprint density at radius 3 is 1.91 bits per heavy atom. The zero-order valence-electron chi connectivity index (χ0n) is 18.4. The van der Waals surface area contributed by atoms with Crippen molar-refractivity contribution in [1.29, 1.82) is 0 Å². The molecule has 0 unspecified atom stereocenters. The Labute approximate surface area is 186 Å². The lowest BCUT2D eigenvalue weighted by molar-refractivity contribution is 0.408. The van der Waals surface area contributed by atoms with Crippen LogP contribution in [0.1, 0.15) is 31.9 Å². The van der Waals surface area contributed by atoms with Crippen molar-refractivity contribution in [2.45, 2.75) is 32.7 Å². The van der Waals surface area contributed by atoms with E-state index in [2.05, 4.69) is 20.8 Å². The molecule has 0 saturated heterocycles. The number of para-hydroxylation sites is 1. The van der Waals surface area contributed by atoms with E-state index in [-0.39, 0.29) is 23.4 Å². The highest BCUT2D eigenvalue weighted by Gasteiger charge is 2.21. The van der Waals surface area contributed by atoms with Gasteiger partial charge in [0.2, 0.25) is 5.88 Å². The summed E-state index contributed by atoms with van der Waals surface area (Å²) in [6.45, 7) is 6.56. The molecule has 1 heterocycles. The number of aromatic hydroxyl groups is 1. The predicted molar refractivity (Wildman–Crippen MR) is 128 cm³/mol.